The van der Waals surface area contributed by atoms with E-state index in [2.05, 4.69) is 128 Å². The molecule has 270 valence electrons. The van der Waals surface area contributed by atoms with Gasteiger partial charge in [0.2, 0.25) is 0 Å². The maximum Gasteiger partial charge on any atom is 0.587 e. The van der Waals surface area contributed by atoms with Gasteiger partial charge >= 0.3 is 7.82 Å². The molecule has 3 aromatic carbocycles. The highest BCUT2D eigenvalue weighted by Crippen LogP contribution is 2.61. The van der Waals surface area contributed by atoms with Crippen molar-refractivity contribution >= 4 is 7.82 Å². The predicted molar refractivity (Wildman–Crippen MR) is 205 cm³/mol. The molecule has 1 aliphatic rings. The summed E-state index contributed by atoms with van der Waals surface area (Å²) >= 11 is 0. The molecular formula is C42H62NO5P. The molecule has 0 fully saturated rings. The number of phosphoric acid groups is 1. The molecule has 0 aromatic heterocycles. The van der Waals surface area contributed by atoms with E-state index in [1.165, 1.54) is 11.1 Å². The monoisotopic (exact) mass is 691 g/mol. The first-order valence-electron chi connectivity index (χ1n) is 17.6. The summed E-state index contributed by atoms with van der Waals surface area (Å²) in [5.41, 5.74) is 6.65. The van der Waals surface area contributed by atoms with E-state index in [9.17, 15) is 9.67 Å². The summed E-state index contributed by atoms with van der Waals surface area (Å²) in [6.07, 6.45) is 0. The van der Waals surface area contributed by atoms with Gasteiger partial charge in [-0.25, -0.2) is 4.57 Å². The Hall–Kier alpha value is -2.79. The second-order valence-electron chi connectivity index (χ2n) is 19.1. The van der Waals surface area contributed by atoms with E-state index in [-0.39, 0.29) is 33.7 Å². The van der Waals surface area contributed by atoms with Gasteiger partial charge in [0.15, 0.2) is 0 Å². The Morgan fingerprint density at radius 2 is 1.08 bits per heavy atom. The van der Waals surface area contributed by atoms with Crippen molar-refractivity contribution in [1.29, 1.82) is 0 Å². The van der Waals surface area contributed by atoms with Crippen LogP contribution in [0, 0.1) is 0 Å². The Bertz CT molecular complexity index is 1650. The van der Waals surface area contributed by atoms with Crippen LogP contribution < -0.4 is 9.05 Å². The fourth-order valence-electron chi connectivity index (χ4n) is 6.13. The fraction of sp³-hybridized carbons (Fsp3) is 0.571. The smallest absolute Gasteiger partial charge is 0.507 e. The Morgan fingerprint density at radius 3 is 1.47 bits per heavy atom. The van der Waals surface area contributed by atoms with Crippen molar-refractivity contribution in [2.45, 2.75) is 137 Å². The lowest BCUT2D eigenvalue weighted by molar-refractivity contribution is 0.179. The zero-order valence-electron chi connectivity index (χ0n) is 33.1. The van der Waals surface area contributed by atoms with Crippen LogP contribution in [-0.2, 0) is 42.7 Å². The van der Waals surface area contributed by atoms with Crippen molar-refractivity contribution in [3.05, 3.63) is 75.8 Å². The Labute approximate surface area is 297 Å². The lowest BCUT2D eigenvalue weighted by atomic mass is 9.75. The molecule has 4 rings (SSSR count). The van der Waals surface area contributed by atoms with Crippen LogP contribution in [0.4, 0.5) is 0 Å². The number of phenolic OH excluding ortho intramolecular Hbond substituents is 1. The number of hydrogen-bond donors (Lipinski definition) is 1. The third kappa shape index (κ3) is 8.75. The van der Waals surface area contributed by atoms with Crippen molar-refractivity contribution in [2.75, 3.05) is 20.2 Å². The van der Waals surface area contributed by atoms with Gasteiger partial charge in [-0.15, -0.1) is 0 Å². The maximum atomic E-state index is 14.9. The van der Waals surface area contributed by atoms with Gasteiger partial charge in [-0.05, 0) is 62.9 Å². The summed E-state index contributed by atoms with van der Waals surface area (Å²) in [5, 5.41) is 11.0. The number of fused-ring (bicyclic) bond motifs is 3. The molecule has 0 bridgehead atoms. The lowest BCUT2D eigenvalue weighted by Crippen LogP contribution is -2.24. The summed E-state index contributed by atoms with van der Waals surface area (Å²) in [5.74, 6) is 1.41. The van der Waals surface area contributed by atoms with E-state index in [1.807, 2.05) is 30.1 Å². The fourth-order valence-corrected chi connectivity index (χ4v) is 7.42. The zero-order chi connectivity index (χ0) is 37.1. The minimum absolute atomic E-state index is 0.105. The molecule has 49 heavy (non-hydrogen) atoms. The normalized spacial score (nSPS) is 15.3. The number of benzene rings is 3. The number of para-hydroxylation sites is 1. The van der Waals surface area contributed by atoms with E-state index in [4.69, 9.17) is 13.6 Å². The number of phosphoric ester groups is 1. The van der Waals surface area contributed by atoms with Crippen LogP contribution in [0.3, 0.4) is 0 Å². The van der Waals surface area contributed by atoms with Gasteiger partial charge in [0.05, 0.1) is 6.61 Å². The lowest BCUT2D eigenvalue weighted by Gasteiger charge is -2.30. The molecule has 0 radical (unpaired) electrons. The summed E-state index contributed by atoms with van der Waals surface area (Å²) in [6, 6.07) is 14.7. The molecule has 0 saturated carbocycles. The molecule has 6 nitrogen and oxygen atoms in total. The van der Waals surface area contributed by atoms with E-state index < -0.39 is 7.82 Å². The van der Waals surface area contributed by atoms with Crippen LogP contribution in [0.5, 0.6) is 17.2 Å². The SMILES string of the molecule is CN(CCOP1(=O)Oc2c(cc(C(C)(C)C)cc2C(C)(C)C)-c2cc(C(C)(C)C)cc(C(C)(C)C)c2O1)Cc1cccc(C(C)(C)C)c1O. The number of aromatic hydroxyl groups is 1. The van der Waals surface area contributed by atoms with E-state index in [0.717, 1.165) is 33.4 Å². The van der Waals surface area contributed by atoms with Crippen molar-refractivity contribution in [3.8, 4) is 28.4 Å². The van der Waals surface area contributed by atoms with E-state index in [0.29, 0.717) is 30.3 Å². The Balaban J connectivity index is 1.82. The first-order chi connectivity index (χ1) is 22.1. The van der Waals surface area contributed by atoms with Gasteiger partial charge in [0.1, 0.15) is 17.2 Å². The second-order valence-corrected chi connectivity index (χ2v) is 20.6. The minimum Gasteiger partial charge on any atom is -0.507 e. The molecule has 0 unspecified atom stereocenters. The highest BCUT2D eigenvalue weighted by atomic mass is 31.2. The number of hydrogen-bond acceptors (Lipinski definition) is 6. The standard InChI is InChI=1S/C42H62NO5P/c1-38(2,3)28-22-30-31-23-29(39(4,5)6)25-34(42(13,14)15)37(31)48-49(45,47-36(30)33(24-28)41(10,11)12)46-21-20-43(16)26-27-18-17-19-32(35(27)44)40(7,8)9/h17-19,22-25,44H,20-21,26H2,1-16H3. The average Bonchev–Trinajstić information content (AvgIpc) is 3.03. The third-order valence-electron chi connectivity index (χ3n) is 9.31. The van der Waals surface area contributed by atoms with Gasteiger partial charge in [-0.3, -0.25) is 9.42 Å². The van der Waals surface area contributed by atoms with E-state index in [1.54, 1.807) is 0 Å². The largest absolute Gasteiger partial charge is 0.587 e. The quantitative estimate of drug-likeness (QED) is 0.260. The average molecular weight is 692 g/mol. The summed E-state index contributed by atoms with van der Waals surface area (Å²) < 4.78 is 34.3. The van der Waals surface area contributed by atoms with Crippen molar-refractivity contribution in [2.24, 2.45) is 0 Å². The maximum absolute atomic E-state index is 14.9. The molecule has 3 aromatic rings. The second kappa shape index (κ2) is 13.1. The van der Waals surface area contributed by atoms with Crippen LogP contribution in [0.25, 0.3) is 11.1 Å². The highest BCUT2D eigenvalue weighted by molar-refractivity contribution is 7.49. The molecule has 0 saturated heterocycles. The zero-order valence-corrected chi connectivity index (χ0v) is 34.0. The predicted octanol–water partition coefficient (Wildman–Crippen LogP) is 11.6. The Kier molecular flexibility index (Phi) is 10.4. The Morgan fingerprint density at radius 1 is 0.653 bits per heavy atom. The molecule has 1 heterocycles. The van der Waals surface area contributed by atoms with Crippen LogP contribution in [0.1, 0.15) is 137 Å². The summed E-state index contributed by atoms with van der Waals surface area (Å²) in [7, 11) is -2.22. The van der Waals surface area contributed by atoms with Crippen LogP contribution in [-0.4, -0.2) is 30.2 Å². The number of rotatable bonds is 6. The van der Waals surface area contributed by atoms with Crippen LogP contribution >= 0.6 is 7.82 Å². The van der Waals surface area contributed by atoms with Gasteiger partial charge in [0, 0.05) is 40.9 Å². The molecule has 0 aliphatic carbocycles. The first-order valence-corrected chi connectivity index (χ1v) is 19.1. The molecule has 1 aliphatic heterocycles. The van der Waals surface area contributed by atoms with Crippen molar-refractivity contribution in [1.82, 2.24) is 4.90 Å². The number of nitrogens with zero attached hydrogens (tertiary/aromatic N) is 1. The molecular weight excluding hydrogens is 629 g/mol. The molecule has 0 amide bonds. The molecule has 0 spiro atoms. The van der Waals surface area contributed by atoms with Crippen molar-refractivity contribution < 1.29 is 23.2 Å². The molecule has 7 heteroatoms. The topological polar surface area (TPSA) is 68.2 Å². The first kappa shape index (κ1) is 39.0. The number of likely N-dealkylation sites (N-methyl/N-ethyl adjacent to an activating group) is 1. The molecule has 0 atom stereocenters. The van der Waals surface area contributed by atoms with Gasteiger partial charge in [0.25, 0.3) is 0 Å². The van der Waals surface area contributed by atoms with Crippen LogP contribution in [0.15, 0.2) is 42.5 Å². The van der Waals surface area contributed by atoms with Gasteiger partial charge in [-0.2, -0.15) is 0 Å². The van der Waals surface area contributed by atoms with Gasteiger partial charge < -0.3 is 14.2 Å². The van der Waals surface area contributed by atoms with Gasteiger partial charge in [-0.1, -0.05) is 134 Å². The van der Waals surface area contributed by atoms with Crippen LogP contribution in [0.2, 0.25) is 0 Å². The summed E-state index contributed by atoms with van der Waals surface area (Å²) in [4.78, 5) is 2.04. The summed E-state index contributed by atoms with van der Waals surface area (Å²) in [6.45, 7) is 33.5. The van der Waals surface area contributed by atoms with E-state index >= 15 is 0 Å². The minimum atomic E-state index is -4.18. The molecule has 1 N–H and O–H groups in total. The van der Waals surface area contributed by atoms with Crippen molar-refractivity contribution in [3.63, 3.8) is 0 Å². The highest BCUT2D eigenvalue weighted by Gasteiger charge is 2.42. The third-order valence-corrected chi connectivity index (χ3v) is 10.6. The number of phenols is 1.